The van der Waals surface area contributed by atoms with Crippen LogP contribution in [0.4, 0.5) is 0 Å². The Kier molecular flexibility index (Phi) is 9.62. The Morgan fingerprint density at radius 2 is 1.73 bits per heavy atom. The summed E-state index contributed by atoms with van der Waals surface area (Å²) in [5.41, 5.74) is -1.85. The fourth-order valence-corrected chi connectivity index (χ4v) is 6.96. The minimum atomic E-state index is -1.08. The maximum atomic E-state index is 14.3. The molecule has 3 heterocycles. The van der Waals surface area contributed by atoms with Crippen molar-refractivity contribution in [3.05, 3.63) is 25.3 Å². The average Bonchev–Trinajstić information content (AvgIpc) is 3.50. The Hall–Kier alpha value is -2.19. The molecule has 0 aromatic heterocycles. The first-order chi connectivity index (χ1) is 17.7. The van der Waals surface area contributed by atoms with E-state index in [0.717, 1.165) is 25.7 Å². The largest absolute Gasteiger partial charge is 0.394 e. The zero-order valence-corrected chi connectivity index (χ0v) is 23.3. The van der Waals surface area contributed by atoms with Crippen LogP contribution in [0.3, 0.4) is 0 Å². The van der Waals surface area contributed by atoms with Crippen molar-refractivity contribution < 1.29 is 24.2 Å². The first-order valence-corrected chi connectivity index (χ1v) is 14.2. The highest BCUT2D eigenvalue weighted by Crippen LogP contribution is 2.65. The molecule has 2 unspecified atom stereocenters. The minimum Gasteiger partial charge on any atom is -0.394 e. The van der Waals surface area contributed by atoms with E-state index in [1.54, 1.807) is 28.9 Å². The van der Waals surface area contributed by atoms with E-state index in [4.69, 9.17) is 4.74 Å². The Labute approximate surface area is 222 Å². The van der Waals surface area contributed by atoms with Crippen LogP contribution in [-0.2, 0) is 19.1 Å². The van der Waals surface area contributed by atoms with Crippen LogP contribution in [-0.4, -0.2) is 93.6 Å². The highest BCUT2D eigenvalue weighted by molar-refractivity contribution is 5.99. The van der Waals surface area contributed by atoms with Crippen molar-refractivity contribution >= 4 is 17.7 Å². The lowest BCUT2D eigenvalue weighted by molar-refractivity contribution is -0.157. The summed E-state index contributed by atoms with van der Waals surface area (Å²) in [4.78, 5) is 47.6. The minimum absolute atomic E-state index is 0.0980. The number of likely N-dealkylation sites (tertiary alicyclic amines) is 1. The number of carbonyl (C=O) groups excluding carboxylic acids is 3. The molecule has 3 fully saturated rings. The Morgan fingerprint density at radius 3 is 2.27 bits per heavy atom. The van der Waals surface area contributed by atoms with Gasteiger partial charge in [0.1, 0.15) is 11.6 Å². The number of unbranched alkanes of at least 4 members (excludes halogenated alkanes) is 2. The van der Waals surface area contributed by atoms with Gasteiger partial charge < -0.3 is 24.5 Å². The van der Waals surface area contributed by atoms with Crippen LogP contribution in [0.15, 0.2) is 25.3 Å². The summed E-state index contributed by atoms with van der Waals surface area (Å²) in [7, 11) is 0. The molecular formula is C29H47N3O5. The van der Waals surface area contributed by atoms with Gasteiger partial charge in [0, 0.05) is 26.2 Å². The zero-order valence-electron chi connectivity index (χ0n) is 23.3. The molecule has 2 bridgehead atoms. The zero-order chi connectivity index (χ0) is 27.4. The molecule has 3 amide bonds. The van der Waals surface area contributed by atoms with Crippen LogP contribution in [0.2, 0.25) is 0 Å². The van der Waals surface area contributed by atoms with Crippen molar-refractivity contribution in [2.75, 3.05) is 32.8 Å². The number of carbonyl (C=O) groups is 3. The molecule has 0 radical (unpaired) electrons. The van der Waals surface area contributed by atoms with E-state index < -0.39 is 35.1 Å². The van der Waals surface area contributed by atoms with Gasteiger partial charge >= 0.3 is 0 Å². The number of hydrogen-bond donors (Lipinski definition) is 1. The summed E-state index contributed by atoms with van der Waals surface area (Å²) in [5.74, 6) is -1.94. The van der Waals surface area contributed by atoms with Crippen LogP contribution in [0.25, 0.3) is 0 Å². The van der Waals surface area contributed by atoms with Gasteiger partial charge in [-0.25, -0.2) is 0 Å². The van der Waals surface area contributed by atoms with Crippen LogP contribution < -0.4 is 0 Å². The molecule has 3 aliphatic rings. The molecule has 6 atom stereocenters. The van der Waals surface area contributed by atoms with Gasteiger partial charge in [-0.05, 0) is 39.0 Å². The summed E-state index contributed by atoms with van der Waals surface area (Å²) >= 11 is 0. The van der Waals surface area contributed by atoms with Gasteiger partial charge in [-0.2, -0.15) is 0 Å². The van der Waals surface area contributed by atoms with Crippen molar-refractivity contribution in [2.24, 2.45) is 11.8 Å². The summed E-state index contributed by atoms with van der Waals surface area (Å²) in [6.07, 6.45) is 8.85. The van der Waals surface area contributed by atoms with Gasteiger partial charge in [0.25, 0.3) is 0 Å². The van der Waals surface area contributed by atoms with E-state index in [-0.39, 0.29) is 24.3 Å². The predicted octanol–water partition coefficient (Wildman–Crippen LogP) is 3.15. The second-order valence-corrected chi connectivity index (χ2v) is 11.0. The third-order valence-corrected chi connectivity index (χ3v) is 8.71. The van der Waals surface area contributed by atoms with Crippen molar-refractivity contribution in [3.63, 3.8) is 0 Å². The SMILES string of the molecule is C=CCN(CCCCC)C(=O)C1N([C@H](C)CO)C(=O)[C@@H]2[C@@H](C(=O)N(CC=C)CCC)[C@@]3(CC)CCC12O3. The van der Waals surface area contributed by atoms with Gasteiger partial charge in [-0.3, -0.25) is 14.4 Å². The van der Waals surface area contributed by atoms with Gasteiger partial charge in [0.15, 0.2) is 0 Å². The Bertz CT molecular complexity index is 878. The van der Waals surface area contributed by atoms with E-state index >= 15 is 0 Å². The van der Waals surface area contributed by atoms with Crippen LogP contribution >= 0.6 is 0 Å². The lowest BCUT2D eigenvalue weighted by Gasteiger charge is -2.38. The number of aliphatic hydroxyl groups is 1. The second kappa shape index (κ2) is 12.1. The van der Waals surface area contributed by atoms with E-state index in [1.807, 2.05) is 13.8 Å². The molecule has 8 nitrogen and oxygen atoms in total. The first-order valence-electron chi connectivity index (χ1n) is 14.2. The normalized spacial score (nSPS) is 30.8. The third kappa shape index (κ3) is 4.87. The standard InChI is InChI=1S/C29H47N3O5/c1-7-12-13-19-31(18-10-4)27(36)24-29-15-14-28(11-5,37-29)22(25(34)30(16-8-2)17-9-3)23(29)26(35)32(24)21(6)20-33/h8,10,21-24,33H,2,4,7,9,11-20H2,1,3,5-6H3/t21-,22+,23+,24?,28-,29?/m1/s1. The Balaban J connectivity index is 2.09. The predicted molar refractivity (Wildman–Crippen MR) is 144 cm³/mol. The third-order valence-electron chi connectivity index (χ3n) is 8.71. The molecule has 208 valence electrons. The highest BCUT2D eigenvalue weighted by Gasteiger charge is 2.79. The number of amides is 3. The number of rotatable bonds is 15. The fourth-order valence-electron chi connectivity index (χ4n) is 6.96. The number of aliphatic hydroxyl groups excluding tert-OH is 1. The van der Waals surface area contributed by atoms with E-state index in [2.05, 4.69) is 20.1 Å². The van der Waals surface area contributed by atoms with Gasteiger partial charge in [0.05, 0.1) is 30.1 Å². The molecular weight excluding hydrogens is 470 g/mol. The molecule has 0 aliphatic carbocycles. The average molecular weight is 518 g/mol. The fraction of sp³-hybridized carbons (Fsp3) is 0.759. The number of nitrogens with zero attached hydrogens (tertiary/aromatic N) is 3. The number of fused-ring (bicyclic) bond motifs is 1. The molecule has 3 rings (SSSR count). The first kappa shape index (κ1) is 29.4. The maximum absolute atomic E-state index is 14.3. The van der Waals surface area contributed by atoms with Crippen molar-refractivity contribution in [3.8, 4) is 0 Å². The van der Waals surface area contributed by atoms with E-state index in [1.165, 1.54) is 4.90 Å². The van der Waals surface area contributed by atoms with Crippen molar-refractivity contribution in [1.82, 2.24) is 14.7 Å². The smallest absolute Gasteiger partial charge is 0.248 e. The molecule has 8 heteroatoms. The summed E-state index contributed by atoms with van der Waals surface area (Å²) in [6.45, 7) is 17.2. The van der Waals surface area contributed by atoms with Crippen molar-refractivity contribution in [1.29, 1.82) is 0 Å². The van der Waals surface area contributed by atoms with Gasteiger partial charge in [-0.15, -0.1) is 13.2 Å². The van der Waals surface area contributed by atoms with Gasteiger partial charge in [-0.1, -0.05) is 45.8 Å². The number of hydrogen-bond acceptors (Lipinski definition) is 5. The topological polar surface area (TPSA) is 90.4 Å². The van der Waals surface area contributed by atoms with E-state index in [0.29, 0.717) is 45.4 Å². The molecule has 0 aromatic rings. The quantitative estimate of drug-likeness (QED) is 0.266. The molecule has 0 aromatic carbocycles. The van der Waals surface area contributed by atoms with Crippen molar-refractivity contribution in [2.45, 2.75) is 95.9 Å². The van der Waals surface area contributed by atoms with Gasteiger partial charge in [0.2, 0.25) is 17.7 Å². The molecule has 1 N–H and O–H groups in total. The van der Waals surface area contributed by atoms with Crippen LogP contribution in [0, 0.1) is 11.8 Å². The monoisotopic (exact) mass is 517 g/mol. The number of ether oxygens (including phenoxy) is 1. The van der Waals surface area contributed by atoms with Crippen LogP contribution in [0.1, 0.15) is 72.6 Å². The van der Waals surface area contributed by atoms with Crippen LogP contribution in [0.5, 0.6) is 0 Å². The molecule has 1 spiro atoms. The maximum Gasteiger partial charge on any atom is 0.248 e. The summed E-state index contributed by atoms with van der Waals surface area (Å²) in [6, 6.07) is -1.45. The van der Waals surface area contributed by atoms with E-state index in [9.17, 15) is 19.5 Å². The highest BCUT2D eigenvalue weighted by atomic mass is 16.5. The molecule has 3 aliphatic heterocycles. The lowest BCUT2D eigenvalue weighted by atomic mass is 9.64. The molecule has 0 saturated carbocycles. The Morgan fingerprint density at radius 1 is 1.08 bits per heavy atom. The molecule has 37 heavy (non-hydrogen) atoms. The summed E-state index contributed by atoms with van der Waals surface area (Å²) < 4.78 is 6.85. The molecule has 3 saturated heterocycles. The lowest BCUT2D eigenvalue weighted by Crippen LogP contribution is -2.58. The summed E-state index contributed by atoms with van der Waals surface area (Å²) in [5, 5.41) is 10.1. The second-order valence-electron chi connectivity index (χ2n) is 11.0.